The Morgan fingerprint density at radius 1 is 1.20 bits per heavy atom. The summed E-state index contributed by atoms with van der Waals surface area (Å²) in [5.74, 6) is 0. The van der Waals surface area contributed by atoms with Crippen LogP contribution in [0.2, 0.25) is 0 Å². The number of nitrogens with zero attached hydrogens (tertiary/aromatic N) is 2. The van der Waals surface area contributed by atoms with E-state index >= 15 is 0 Å². The minimum atomic E-state index is 0.751. The molecule has 1 aromatic heterocycles. The Kier molecular flexibility index (Phi) is 3.49. The Labute approximate surface area is 102 Å². The molecule has 0 aliphatic heterocycles. The second kappa shape index (κ2) is 5.06. The monoisotopic (exact) mass is 311 g/mol. The lowest BCUT2D eigenvalue weighted by Gasteiger charge is -2.05. The van der Waals surface area contributed by atoms with E-state index in [0.717, 1.165) is 17.8 Å². The van der Waals surface area contributed by atoms with Crippen molar-refractivity contribution in [1.82, 2.24) is 9.97 Å². The van der Waals surface area contributed by atoms with Gasteiger partial charge in [0.05, 0.1) is 0 Å². The molecule has 0 saturated heterocycles. The van der Waals surface area contributed by atoms with Gasteiger partial charge in [-0.1, -0.05) is 6.07 Å². The molecule has 15 heavy (non-hydrogen) atoms. The fourth-order valence-corrected chi connectivity index (χ4v) is 1.77. The molecule has 3 nitrogen and oxygen atoms in total. The van der Waals surface area contributed by atoms with E-state index in [9.17, 15) is 0 Å². The minimum absolute atomic E-state index is 0.751. The zero-order valence-corrected chi connectivity index (χ0v) is 10.2. The average molecular weight is 311 g/mol. The molecule has 0 fully saturated rings. The highest BCUT2D eigenvalue weighted by Gasteiger charge is 1.94. The zero-order chi connectivity index (χ0) is 10.5. The third kappa shape index (κ3) is 3.16. The summed E-state index contributed by atoms with van der Waals surface area (Å²) in [6, 6.07) is 8.25. The third-order valence-electron chi connectivity index (χ3n) is 1.94. The lowest BCUT2D eigenvalue weighted by molar-refractivity contribution is 1.05. The lowest BCUT2D eigenvalue weighted by Crippen LogP contribution is -2.00. The molecular weight excluding hydrogens is 301 g/mol. The van der Waals surface area contributed by atoms with Crippen LogP contribution in [0.3, 0.4) is 0 Å². The van der Waals surface area contributed by atoms with Gasteiger partial charge in [0, 0.05) is 33.8 Å². The van der Waals surface area contributed by atoms with Crippen molar-refractivity contribution in [3.05, 3.63) is 52.1 Å². The van der Waals surface area contributed by atoms with Crippen molar-refractivity contribution in [3.63, 3.8) is 0 Å². The molecule has 1 N–H and O–H groups in total. The van der Waals surface area contributed by atoms with Gasteiger partial charge in [-0.15, -0.1) is 0 Å². The van der Waals surface area contributed by atoms with Gasteiger partial charge in [0.25, 0.3) is 0 Å². The van der Waals surface area contributed by atoms with Crippen LogP contribution >= 0.6 is 22.6 Å². The van der Waals surface area contributed by atoms with Crippen LogP contribution in [0, 0.1) is 3.57 Å². The van der Waals surface area contributed by atoms with Crippen LogP contribution in [-0.4, -0.2) is 9.97 Å². The molecule has 76 valence electrons. The maximum absolute atomic E-state index is 3.96. The highest BCUT2D eigenvalue weighted by Crippen LogP contribution is 2.13. The van der Waals surface area contributed by atoms with Crippen LogP contribution in [-0.2, 0) is 6.54 Å². The predicted molar refractivity (Wildman–Crippen MR) is 68.5 cm³/mol. The first kappa shape index (κ1) is 10.4. The smallest absolute Gasteiger partial charge is 0.115 e. The summed E-state index contributed by atoms with van der Waals surface area (Å²) in [4.78, 5) is 7.92. The van der Waals surface area contributed by atoms with Gasteiger partial charge in [-0.2, -0.15) is 0 Å². The first-order chi connectivity index (χ1) is 7.34. The highest BCUT2D eigenvalue weighted by molar-refractivity contribution is 14.1. The van der Waals surface area contributed by atoms with E-state index in [1.54, 1.807) is 0 Å². The molecule has 0 aliphatic rings. The topological polar surface area (TPSA) is 37.8 Å². The van der Waals surface area contributed by atoms with Gasteiger partial charge < -0.3 is 5.32 Å². The van der Waals surface area contributed by atoms with Crippen molar-refractivity contribution in [2.24, 2.45) is 0 Å². The van der Waals surface area contributed by atoms with Crippen molar-refractivity contribution >= 4 is 28.3 Å². The summed E-state index contributed by atoms with van der Waals surface area (Å²) in [6.07, 6.45) is 5.16. The molecule has 0 amide bonds. The fourth-order valence-electron chi connectivity index (χ4n) is 1.22. The van der Waals surface area contributed by atoms with E-state index in [0.29, 0.717) is 0 Å². The summed E-state index contributed by atoms with van der Waals surface area (Å²) >= 11 is 2.30. The Hall–Kier alpha value is -1.17. The maximum Gasteiger partial charge on any atom is 0.115 e. The van der Waals surface area contributed by atoms with Crippen LogP contribution in [0.15, 0.2) is 43.0 Å². The number of nitrogens with one attached hydrogen (secondary N) is 1. The molecule has 0 saturated carbocycles. The Morgan fingerprint density at radius 2 is 2.00 bits per heavy atom. The number of halogens is 1. The van der Waals surface area contributed by atoms with E-state index in [2.05, 4.69) is 50.0 Å². The van der Waals surface area contributed by atoms with Crippen molar-refractivity contribution in [2.75, 3.05) is 5.32 Å². The van der Waals surface area contributed by atoms with Crippen LogP contribution in [0.1, 0.15) is 5.56 Å². The zero-order valence-electron chi connectivity index (χ0n) is 8.02. The predicted octanol–water partition coefficient (Wildman–Crippen LogP) is 2.69. The molecule has 2 rings (SSSR count). The second-order valence-electron chi connectivity index (χ2n) is 3.11. The third-order valence-corrected chi connectivity index (χ3v) is 2.61. The number of hydrogen-bond acceptors (Lipinski definition) is 3. The Bertz CT molecular complexity index is 431. The van der Waals surface area contributed by atoms with Gasteiger partial charge in [0.15, 0.2) is 0 Å². The summed E-state index contributed by atoms with van der Waals surface area (Å²) in [5, 5.41) is 3.32. The molecule has 0 bridgehead atoms. The van der Waals surface area contributed by atoms with Gasteiger partial charge >= 0.3 is 0 Å². The van der Waals surface area contributed by atoms with Crippen molar-refractivity contribution < 1.29 is 0 Å². The fraction of sp³-hybridized carbons (Fsp3) is 0.0909. The van der Waals surface area contributed by atoms with Gasteiger partial charge in [-0.25, -0.2) is 9.97 Å². The molecule has 0 unspecified atom stereocenters. The molecule has 0 radical (unpaired) electrons. The molecule has 0 atom stereocenters. The van der Waals surface area contributed by atoms with Crippen LogP contribution < -0.4 is 5.32 Å². The first-order valence-corrected chi connectivity index (χ1v) is 5.66. The van der Waals surface area contributed by atoms with Crippen LogP contribution in [0.5, 0.6) is 0 Å². The average Bonchev–Trinajstić information content (AvgIpc) is 2.28. The van der Waals surface area contributed by atoms with Crippen LogP contribution in [0.4, 0.5) is 5.69 Å². The number of benzene rings is 1. The summed E-state index contributed by atoms with van der Waals surface area (Å²) in [6.45, 7) is 0.751. The second-order valence-corrected chi connectivity index (χ2v) is 4.36. The Balaban J connectivity index is 1.99. The van der Waals surface area contributed by atoms with Gasteiger partial charge in [-0.05, 0) is 40.8 Å². The molecule has 2 aromatic rings. The quantitative estimate of drug-likeness (QED) is 0.886. The molecule has 4 heteroatoms. The Morgan fingerprint density at radius 3 is 2.73 bits per heavy atom. The van der Waals surface area contributed by atoms with Gasteiger partial charge in [0.2, 0.25) is 0 Å². The molecule has 1 heterocycles. The van der Waals surface area contributed by atoms with Gasteiger partial charge in [0.1, 0.15) is 6.33 Å². The SMILES string of the molecule is Ic1cccc(NCc2cncnc2)c1. The first-order valence-electron chi connectivity index (χ1n) is 4.58. The van der Waals surface area contributed by atoms with Crippen LogP contribution in [0.25, 0.3) is 0 Å². The normalized spacial score (nSPS) is 9.93. The van der Waals surface area contributed by atoms with E-state index in [1.165, 1.54) is 9.90 Å². The standard InChI is InChI=1S/C11H10IN3/c12-10-2-1-3-11(4-10)15-7-9-5-13-8-14-6-9/h1-6,8,15H,7H2. The molecular formula is C11H10IN3. The van der Waals surface area contributed by atoms with Crippen molar-refractivity contribution in [1.29, 1.82) is 0 Å². The summed E-state index contributed by atoms with van der Waals surface area (Å²) in [7, 11) is 0. The van der Waals surface area contributed by atoms with Crippen molar-refractivity contribution in [3.8, 4) is 0 Å². The molecule has 0 spiro atoms. The van der Waals surface area contributed by atoms with E-state index in [1.807, 2.05) is 24.5 Å². The summed E-state index contributed by atoms with van der Waals surface area (Å²) in [5.41, 5.74) is 2.20. The summed E-state index contributed by atoms with van der Waals surface area (Å²) < 4.78 is 1.22. The van der Waals surface area contributed by atoms with E-state index in [4.69, 9.17) is 0 Å². The van der Waals surface area contributed by atoms with Gasteiger partial charge in [-0.3, -0.25) is 0 Å². The van der Waals surface area contributed by atoms with E-state index < -0.39 is 0 Å². The largest absolute Gasteiger partial charge is 0.381 e. The lowest BCUT2D eigenvalue weighted by atomic mass is 10.3. The molecule has 0 aliphatic carbocycles. The number of rotatable bonds is 3. The van der Waals surface area contributed by atoms with E-state index in [-0.39, 0.29) is 0 Å². The number of anilines is 1. The number of hydrogen-bond donors (Lipinski definition) is 1. The van der Waals surface area contributed by atoms with Crippen molar-refractivity contribution in [2.45, 2.75) is 6.54 Å². The maximum atomic E-state index is 3.96. The highest BCUT2D eigenvalue weighted by atomic mass is 127. The number of aromatic nitrogens is 2. The molecule has 1 aromatic carbocycles. The minimum Gasteiger partial charge on any atom is -0.381 e.